The van der Waals surface area contributed by atoms with Crippen LogP contribution in [0, 0.1) is 0 Å². The van der Waals surface area contributed by atoms with Gasteiger partial charge in [0, 0.05) is 26.9 Å². The van der Waals surface area contributed by atoms with E-state index in [0.717, 1.165) is 26.2 Å². The van der Waals surface area contributed by atoms with E-state index < -0.39 is 0 Å². The smallest absolute Gasteiger partial charge is 0.0671 e. The van der Waals surface area contributed by atoms with Crippen molar-refractivity contribution in [3.8, 4) is 0 Å². The average Bonchev–Trinajstić information content (AvgIpc) is 1.99. The molecule has 0 aliphatic rings. The summed E-state index contributed by atoms with van der Waals surface area (Å²) in [6, 6.07) is 0. The highest BCUT2D eigenvalue weighted by atomic mass is 16.5. The van der Waals surface area contributed by atoms with Crippen LogP contribution in [-0.2, 0) is 9.47 Å². The lowest BCUT2D eigenvalue weighted by Crippen LogP contribution is -2.24. The van der Waals surface area contributed by atoms with Crippen LogP contribution < -0.4 is 5.32 Å². The third-order valence-electron chi connectivity index (χ3n) is 1.39. The van der Waals surface area contributed by atoms with Crippen LogP contribution >= 0.6 is 0 Å². The number of hydrogen-bond acceptors (Lipinski definition) is 3. The molecule has 68 valence electrons. The second-order valence-corrected chi connectivity index (χ2v) is 2.59. The van der Waals surface area contributed by atoms with Crippen LogP contribution in [0.15, 0.2) is 0 Å². The molecule has 0 aliphatic heterocycles. The van der Waals surface area contributed by atoms with Gasteiger partial charge in [-0.1, -0.05) is 0 Å². The largest absolute Gasteiger partial charge is 0.385 e. The van der Waals surface area contributed by atoms with Gasteiger partial charge in [0.1, 0.15) is 0 Å². The summed E-state index contributed by atoms with van der Waals surface area (Å²) < 4.78 is 10.3. The van der Waals surface area contributed by atoms with Crippen molar-refractivity contribution in [3.05, 3.63) is 0 Å². The summed E-state index contributed by atoms with van der Waals surface area (Å²) in [4.78, 5) is 0. The maximum atomic E-state index is 5.44. The van der Waals surface area contributed by atoms with Crippen LogP contribution in [0.25, 0.3) is 0 Å². The molecule has 0 aromatic heterocycles. The molecule has 0 saturated heterocycles. The van der Waals surface area contributed by atoms with Crippen molar-refractivity contribution in [2.45, 2.75) is 19.4 Å². The molecule has 0 saturated carbocycles. The number of ether oxygens (including phenoxy) is 2. The Bertz CT molecular complexity index is 78.5. The molecule has 0 spiro atoms. The lowest BCUT2D eigenvalue weighted by atomic mass is 10.4. The van der Waals surface area contributed by atoms with Crippen molar-refractivity contribution in [1.82, 2.24) is 5.32 Å². The molecule has 0 radical (unpaired) electrons. The van der Waals surface area contributed by atoms with E-state index in [1.54, 1.807) is 7.11 Å². The summed E-state index contributed by atoms with van der Waals surface area (Å²) in [5, 5.41) is 3.05. The number of hydrogen-bond donors (Lipinski definition) is 1. The molecule has 0 rings (SSSR count). The molecule has 1 atom stereocenters. The molecular weight excluding hydrogens is 142 g/mol. The number of rotatable bonds is 7. The molecule has 1 unspecified atom stereocenters. The van der Waals surface area contributed by atoms with Crippen LogP contribution in [0.5, 0.6) is 0 Å². The first-order valence-corrected chi connectivity index (χ1v) is 4.06. The Hall–Kier alpha value is -0.120. The Morgan fingerprint density at radius 1 is 1.36 bits per heavy atom. The van der Waals surface area contributed by atoms with Gasteiger partial charge in [-0.2, -0.15) is 0 Å². The molecule has 1 N–H and O–H groups in total. The predicted octanol–water partition coefficient (Wildman–Crippen LogP) is 0.647. The number of likely N-dealkylation sites (N-methyl/N-ethyl adjacent to an activating group) is 1. The highest BCUT2D eigenvalue weighted by Gasteiger charge is 1.98. The van der Waals surface area contributed by atoms with E-state index >= 15 is 0 Å². The van der Waals surface area contributed by atoms with Gasteiger partial charge in [0.25, 0.3) is 0 Å². The van der Waals surface area contributed by atoms with Gasteiger partial charge >= 0.3 is 0 Å². The maximum Gasteiger partial charge on any atom is 0.0671 e. The molecule has 0 aromatic carbocycles. The molecule has 3 nitrogen and oxygen atoms in total. The zero-order valence-electron chi connectivity index (χ0n) is 7.72. The molecule has 0 aromatic rings. The summed E-state index contributed by atoms with van der Waals surface area (Å²) >= 11 is 0. The van der Waals surface area contributed by atoms with Crippen LogP contribution in [0.1, 0.15) is 13.3 Å². The van der Waals surface area contributed by atoms with Crippen LogP contribution in [0.4, 0.5) is 0 Å². The van der Waals surface area contributed by atoms with Gasteiger partial charge in [-0.05, 0) is 20.4 Å². The fraction of sp³-hybridized carbons (Fsp3) is 1.00. The van der Waals surface area contributed by atoms with E-state index in [0.29, 0.717) is 6.10 Å². The standard InChI is InChI=1S/C8H19NO2/c1-8(7-9-2)11-6-4-5-10-3/h8-9H,4-7H2,1-3H3. The first kappa shape index (κ1) is 10.9. The van der Waals surface area contributed by atoms with Gasteiger partial charge < -0.3 is 14.8 Å². The average molecular weight is 161 g/mol. The quantitative estimate of drug-likeness (QED) is 0.556. The molecule has 0 bridgehead atoms. The van der Waals surface area contributed by atoms with Gasteiger partial charge in [-0.25, -0.2) is 0 Å². The van der Waals surface area contributed by atoms with Crippen molar-refractivity contribution < 1.29 is 9.47 Å². The van der Waals surface area contributed by atoms with Crippen LogP contribution in [-0.4, -0.2) is 40.0 Å². The lowest BCUT2D eigenvalue weighted by Gasteiger charge is -2.11. The Balaban J connectivity index is 2.97. The molecule has 0 fully saturated rings. The van der Waals surface area contributed by atoms with E-state index in [4.69, 9.17) is 9.47 Å². The normalized spacial score (nSPS) is 13.4. The minimum Gasteiger partial charge on any atom is -0.385 e. The first-order chi connectivity index (χ1) is 5.31. The molecular formula is C8H19NO2. The van der Waals surface area contributed by atoms with E-state index in [2.05, 4.69) is 12.2 Å². The minimum atomic E-state index is 0.303. The highest BCUT2D eigenvalue weighted by Crippen LogP contribution is 1.90. The van der Waals surface area contributed by atoms with Crippen LogP contribution in [0.3, 0.4) is 0 Å². The number of nitrogens with one attached hydrogen (secondary N) is 1. The summed E-state index contributed by atoms with van der Waals surface area (Å²) in [6.45, 7) is 4.54. The fourth-order valence-electron chi connectivity index (χ4n) is 0.834. The van der Waals surface area contributed by atoms with Gasteiger partial charge in [0.15, 0.2) is 0 Å². The maximum absolute atomic E-state index is 5.44. The zero-order valence-corrected chi connectivity index (χ0v) is 7.72. The molecule has 11 heavy (non-hydrogen) atoms. The number of methoxy groups -OCH3 is 1. The second-order valence-electron chi connectivity index (χ2n) is 2.59. The van der Waals surface area contributed by atoms with Crippen molar-refractivity contribution in [2.75, 3.05) is 33.9 Å². The van der Waals surface area contributed by atoms with Gasteiger partial charge in [-0.3, -0.25) is 0 Å². The molecule has 3 heteroatoms. The highest BCUT2D eigenvalue weighted by molar-refractivity contribution is 4.51. The van der Waals surface area contributed by atoms with Crippen molar-refractivity contribution >= 4 is 0 Å². The Kier molecular flexibility index (Phi) is 7.89. The Labute approximate surface area is 69.1 Å². The van der Waals surface area contributed by atoms with Crippen molar-refractivity contribution in [3.63, 3.8) is 0 Å². The molecule has 0 heterocycles. The summed E-state index contributed by atoms with van der Waals surface area (Å²) in [6.07, 6.45) is 1.28. The summed E-state index contributed by atoms with van der Waals surface area (Å²) in [5.41, 5.74) is 0. The topological polar surface area (TPSA) is 30.5 Å². The lowest BCUT2D eigenvalue weighted by molar-refractivity contribution is 0.0516. The van der Waals surface area contributed by atoms with Crippen molar-refractivity contribution in [1.29, 1.82) is 0 Å². The van der Waals surface area contributed by atoms with Crippen LogP contribution in [0.2, 0.25) is 0 Å². The third-order valence-corrected chi connectivity index (χ3v) is 1.39. The van der Waals surface area contributed by atoms with Crippen molar-refractivity contribution in [2.24, 2.45) is 0 Å². The van der Waals surface area contributed by atoms with E-state index in [9.17, 15) is 0 Å². The monoisotopic (exact) mass is 161 g/mol. The fourth-order valence-corrected chi connectivity index (χ4v) is 0.834. The predicted molar refractivity (Wildman–Crippen MR) is 45.8 cm³/mol. The van der Waals surface area contributed by atoms with Gasteiger partial charge in [0.05, 0.1) is 6.10 Å². The third kappa shape index (κ3) is 7.78. The van der Waals surface area contributed by atoms with E-state index in [1.807, 2.05) is 7.05 Å². The van der Waals surface area contributed by atoms with E-state index in [1.165, 1.54) is 0 Å². The SMILES string of the molecule is CNCC(C)OCCCOC. The second kappa shape index (κ2) is 7.98. The summed E-state index contributed by atoms with van der Waals surface area (Å²) in [7, 11) is 3.63. The van der Waals surface area contributed by atoms with Gasteiger partial charge in [-0.15, -0.1) is 0 Å². The Morgan fingerprint density at radius 3 is 2.64 bits per heavy atom. The Morgan fingerprint density at radius 2 is 2.09 bits per heavy atom. The van der Waals surface area contributed by atoms with E-state index in [-0.39, 0.29) is 0 Å². The molecule has 0 amide bonds. The minimum absolute atomic E-state index is 0.303. The van der Waals surface area contributed by atoms with Gasteiger partial charge in [0.2, 0.25) is 0 Å². The summed E-state index contributed by atoms with van der Waals surface area (Å²) in [5.74, 6) is 0. The molecule has 0 aliphatic carbocycles. The first-order valence-electron chi connectivity index (χ1n) is 4.06. The zero-order chi connectivity index (χ0) is 8.53.